The molecule has 2 saturated carbocycles. The summed E-state index contributed by atoms with van der Waals surface area (Å²) in [6, 6.07) is 2.77. The highest BCUT2D eigenvalue weighted by molar-refractivity contribution is 7.91. The number of carbonyl (C=O) groups is 4. The molecule has 5 atom stereocenters. The van der Waals surface area contributed by atoms with Gasteiger partial charge in [-0.15, -0.1) is 6.58 Å². The molecule has 3 N–H and O–H groups in total. The molecule has 5 rings (SSSR count). The fraction of sp³-hybridized carbons (Fsp3) is 0.606. The Balaban J connectivity index is 1.43. The Morgan fingerprint density at radius 2 is 1.84 bits per heavy atom. The molecule has 1 unspecified atom stereocenters. The van der Waals surface area contributed by atoms with Crippen LogP contribution in [0.5, 0.6) is 11.6 Å². The molecule has 4 amide bonds. The van der Waals surface area contributed by atoms with Gasteiger partial charge in [-0.25, -0.2) is 13.2 Å². The number of aromatic nitrogens is 1. The first-order valence-electron chi connectivity index (χ1n) is 16.2. The quantitative estimate of drug-likeness (QED) is 0.291. The van der Waals surface area contributed by atoms with E-state index in [1.54, 1.807) is 59.7 Å². The summed E-state index contributed by atoms with van der Waals surface area (Å²) < 4.78 is 49.7. The SMILES string of the molecule is C=CC1C[C@]1(NC(=O)[C@@H]1C[C@@H](Oc2noc3cc(OC)ccc23)CN1C(=O)[C@@H](NC(=O)OC(C)(C)C)C(C)(C)C)C(=O)NS(=O)(=O)C1CC1. The van der Waals surface area contributed by atoms with E-state index >= 15 is 0 Å². The zero-order valence-corrected chi connectivity index (χ0v) is 29.6. The monoisotopic (exact) mass is 703 g/mol. The molecule has 1 aliphatic heterocycles. The zero-order chi connectivity index (χ0) is 36.1. The van der Waals surface area contributed by atoms with Gasteiger partial charge in [0.15, 0.2) is 5.58 Å². The standard InChI is InChI=1S/C33H45N5O10S/c1-9-18-16-33(18,29(41)37-49(43,44)21-11-12-21)35-26(39)23-14-20(46-27-22-13-10-19(45-8)15-24(22)48-36-27)17-38(23)28(40)25(31(2,3)4)34-30(42)47-32(5,6)7/h9-10,13,15,18,20-21,23,25H,1,11-12,14,16-17H2,2-8H3,(H,34,42)(H,35,39)(H,37,41)/t18?,20-,23+,25-,33-/m1/s1. The van der Waals surface area contributed by atoms with Crippen molar-refractivity contribution < 1.29 is 46.3 Å². The summed E-state index contributed by atoms with van der Waals surface area (Å²) in [7, 11) is -2.38. The lowest BCUT2D eigenvalue weighted by Crippen LogP contribution is -2.60. The molecule has 3 fully saturated rings. The lowest BCUT2D eigenvalue weighted by atomic mass is 9.85. The molecule has 49 heavy (non-hydrogen) atoms. The predicted octanol–water partition coefficient (Wildman–Crippen LogP) is 2.79. The van der Waals surface area contributed by atoms with Gasteiger partial charge in [-0.2, -0.15) is 0 Å². The molecule has 268 valence electrons. The maximum Gasteiger partial charge on any atom is 0.408 e. The molecule has 2 heterocycles. The Bertz CT molecular complexity index is 1760. The highest BCUT2D eigenvalue weighted by Gasteiger charge is 2.62. The molecule has 1 aromatic carbocycles. The second kappa shape index (κ2) is 12.8. The number of sulfonamides is 1. The van der Waals surface area contributed by atoms with Crippen LogP contribution in [0.25, 0.3) is 11.0 Å². The van der Waals surface area contributed by atoms with Gasteiger partial charge in [-0.3, -0.25) is 19.1 Å². The van der Waals surface area contributed by atoms with Gasteiger partial charge in [0.2, 0.25) is 21.8 Å². The molecule has 1 saturated heterocycles. The van der Waals surface area contributed by atoms with Gasteiger partial charge in [0.25, 0.3) is 11.8 Å². The summed E-state index contributed by atoms with van der Waals surface area (Å²) in [6.45, 7) is 14.1. The van der Waals surface area contributed by atoms with Crippen LogP contribution in [-0.2, 0) is 29.1 Å². The maximum absolute atomic E-state index is 14.3. The van der Waals surface area contributed by atoms with Crippen molar-refractivity contribution in [3.05, 3.63) is 30.9 Å². The van der Waals surface area contributed by atoms with Crippen molar-refractivity contribution in [3.8, 4) is 11.6 Å². The van der Waals surface area contributed by atoms with Crippen molar-refractivity contribution in [2.24, 2.45) is 11.3 Å². The molecule has 0 bridgehead atoms. The number of likely N-dealkylation sites (tertiary alicyclic amines) is 1. The minimum atomic E-state index is -3.90. The first kappa shape index (κ1) is 36.0. The molecule has 3 aliphatic rings. The van der Waals surface area contributed by atoms with Gasteiger partial charge < -0.3 is 34.3 Å². The molecule has 2 aromatic rings. The summed E-state index contributed by atoms with van der Waals surface area (Å²) in [5.74, 6) is -1.96. The molecule has 1 aromatic heterocycles. The number of hydrogen-bond acceptors (Lipinski definition) is 11. The molecular weight excluding hydrogens is 658 g/mol. The van der Waals surface area contributed by atoms with E-state index < -0.39 is 79.7 Å². The highest BCUT2D eigenvalue weighted by Crippen LogP contribution is 2.45. The lowest BCUT2D eigenvalue weighted by Gasteiger charge is -2.36. The molecule has 16 heteroatoms. The summed E-state index contributed by atoms with van der Waals surface area (Å²) in [5.41, 5.74) is -2.81. The zero-order valence-electron chi connectivity index (χ0n) is 28.8. The second-order valence-electron chi connectivity index (χ2n) is 15.0. The third-order valence-corrected chi connectivity index (χ3v) is 10.6. The van der Waals surface area contributed by atoms with Crippen LogP contribution in [0.3, 0.4) is 0 Å². The minimum absolute atomic E-state index is 0.0117. The van der Waals surface area contributed by atoms with Crippen LogP contribution in [0.4, 0.5) is 4.79 Å². The first-order valence-corrected chi connectivity index (χ1v) is 17.7. The third-order valence-electron chi connectivity index (χ3n) is 8.80. The van der Waals surface area contributed by atoms with Gasteiger partial charge >= 0.3 is 6.09 Å². The number of ether oxygens (including phenoxy) is 3. The topological polar surface area (TPSA) is 195 Å². The molecular formula is C33H45N5O10S. The lowest BCUT2D eigenvalue weighted by molar-refractivity contribution is -0.143. The summed E-state index contributed by atoms with van der Waals surface area (Å²) in [5, 5.41) is 9.36. The number of benzene rings is 1. The van der Waals surface area contributed by atoms with Crippen molar-refractivity contribution in [3.63, 3.8) is 0 Å². The van der Waals surface area contributed by atoms with Crippen molar-refractivity contribution in [1.82, 2.24) is 25.4 Å². The first-order chi connectivity index (χ1) is 22.8. The Kier molecular flexibility index (Phi) is 9.42. The number of nitrogens with one attached hydrogen (secondary N) is 3. The van der Waals surface area contributed by atoms with Crippen LogP contribution in [0.2, 0.25) is 0 Å². The van der Waals surface area contributed by atoms with Crippen molar-refractivity contribution in [2.75, 3.05) is 13.7 Å². The number of amides is 4. The van der Waals surface area contributed by atoms with E-state index in [-0.39, 0.29) is 25.3 Å². The van der Waals surface area contributed by atoms with E-state index in [2.05, 4.69) is 27.1 Å². The van der Waals surface area contributed by atoms with Gasteiger partial charge in [-0.05, 0) is 62.7 Å². The molecule has 2 aliphatic carbocycles. The Morgan fingerprint density at radius 3 is 2.41 bits per heavy atom. The average molecular weight is 704 g/mol. The van der Waals surface area contributed by atoms with E-state index in [9.17, 15) is 27.6 Å². The number of rotatable bonds is 11. The predicted molar refractivity (Wildman–Crippen MR) is 177 cm³/mol. The summed E-state index contributed by atoms with van der Waals surface area (Å²) >= 11 is 0. The minimum Gasteiger partial charge on any atom is -0.497 e. The Morgan fingerprint density at radius 1 is 1.14 bits per heavy atom. The van der Waals surface area contributed by atoms with E-state index in [1.165, 1.54) is 18.1 Å². The van der Waals surface area contributed by atoms with E-state index in [0.29, 0.717) is 29.6 Å². The number of methoxy groups -OCH3 is 1. The van der Waals surface area contributed by atoms with Gasteiger partial charge in [-0.1, -0.05) is 26.8 Å². The third kappa shape index (κ3) is 7.78. The smallest absolute Gasteiger partial charge is 0.408 e. The van der Waals surface area contributed by atoms with E-state index in [4.69, 9.17) is 18.7 Å². The average Bonchev–Trinajstić information content (AvgIpc) is 3.90. The largest absolute Gasteiger partial charge is 0.497 e. The van der Waals surface area contributed by atoms with Crippen LogP contribution in [0.15, 0.2) is 35.4 Å². The fourth-order valence-electron chi connectivity index (χ4n) is 5.90. The number of hydrogen-bond donors (Lipinski definition) is 3. The van der Waals surface area contributed by atoms with Crippen molar-refractivity contribution in [2.45, 2.75) is 102 Å². The normalized spacial score (nSPS) is 24.5. The van der Waals surface area contributed by atoms with Gasteiger partial charge in [0.1, 0.15) is 35.1 Å². The van der Waals surface area contributed by atoms with Crippen LogP contribution in [0, 0.1) is 11.3 Å². The summed E-state index contributed by atoms with van der Waals surface area (Å²) in [6.07, 6.45) is 0.945. The number of alkyl carbamates (subject to hydrolysis) is 1. The Hall–Kier alpha value is -4.34. The Labute approximate surface area is 285 Å². The molecule has 0 radical (unpaired) electrons. The van der Waals surface area contributed by atoms with E-state index in [1.807, 2.05) is 0 Å². The molecule has 15 nitrogen and oxygen atoms in total. The summed E-state index contributed by atoms with van der Waals surface area (Å²) in [4.78, 5) is 56.0. The highest BCUT2D eigenvalue weighted by atomic mass is 32.2. The van der Waals surface area contributed by atoms with Crippen LogP contribution >= 0.6 is 0 Å². The van der Waals surface area contributed by atoms with Crippen LogP contribution in [-0.4, -0.2) is 90.5 Å². The van der Waals surface area contributed by atoms with E-state index in [0.717, 1.165) is 0 Å². The number of carbonyl (C=O) groups excluding carboxylic acids is 4. The number of nitrogens with zero attached hydrogens (tertiary/aromatic N) is 2. The fourth-order valence-corrected chi connectivity index (χ4v) is 7.26. The van der Waals surface area contributed by atoms with Gasteiger partial charge in [0.05, 0.1) is 24.3 Å². The number of fused-ring (bicyclic) bond motifs is 1. The van der Waals surface area contributed by atoms with Gasteiger partial charge in [0, 0.05) is 18.4 Å². The van der Waals surface area contributed by atoms with Crippen molar-refractivity contribution in [1.29, 1.82) is 0 Å². The van der Waals surface area contributed by atoms with Crippen LogP contribution in [0.1, 0.15) is 67.2 Å². The van der Waals surface area contributed by atoms with Crippen molar-refractivity contribution >= 4 is 44.8 Å². The molecule has 0 spiro atoms. The maximum atomic E-state index is 14.3. The van der Waals surface area contributed by atoms with Crippen LogP contribution < -0.4 is 24.8 Å². The second-order valence-corrected chi connectivity index (χ2v) is 16.9.